The lowest BCUT2D eigenvalue weighted by Crippen LogP contribution is -2.46. The number of nitrogens with zero attached hydrogens (tertiary/aromatic N) is 2. The quantitative estimate of drug-likeness (QED) is 0.654. The molecule has 0 aromatic carbocycles. The van der Waals surface area contributed by atoms with Crippen LogP contribution in [-0.2, 0) is 22.4 Å². The van der Waals surface area contributed by atoms with Gasteiger partial charge >= 0.3 is 6.03 Å². The Balaban J connectivity index is 1.48. The van der Waals surface area contributed by atoms with Gasteiger partial charge in [0.1, 0.15) is 23.2 Å². The van der Waals surface area contributed by atoms with Crippen molar-refractivity contribution < 1.29 is 14.4 Å². The predicted molar refractivity (Wildman–Crippen MR) is 119 cm³/mol. The highest BCUT2D eigenvalue weighted by Crippen LogP contribution is 2.45. The summed E-state index contributed by atoms with van der Waals surface area (Å²) >= 11 is 1.46. The van der Waals surface area contributed by atoms with E-state index in [0.29, 0.717) is 16.5 Å². The molecule has 4 rings (SSSR count). The number of amides is 4. The molecule has 1 aromatic rings. The van der Waals surface area contributed by atoms with Crippen LogP contribution in [0, 0.1) is 28.6 Å². The Morgan fingerprint density at radius 2 is 2.06 bits per heavy atom. The predicted octanol–water partition coefficient (Wildman–Crippen LogP) is 3.82. The largest absolute Gasteiger partial charge is 0.325 e. The van der Waals surface area contributed by atoms with Crippen LogP contribution >= 0.6 is 11.3 Å². The molecular formula is C23H30N4O3S. The van der Waals surface area contributed by atoms with Crippen LogP contribution in [0.15, 0.2) is 0 Å². The first-order valence-corrected chi connectivity index (χ1v) is 11.9. The minimum Gasteiger partial charge on any atom is -0.323 e. The Morgan fingerprint density at radius 1 is 1.35 bits per heavy atom. The van der Waals surface area contributed by atoms with Crippen molar-refractivity contribution in [2.75, 3.05) is 11.9 Å². The maximum absolute atomic E-state index is 12.8. The van der Waals surface area contributed by atoms with Crippen LogP contribution in [0.3, 0.4) is 0 Å². The Morgan fingerprint density at radius 3 is 2.68 bits per heavy atom. The molecular weight excluding hydrogens is 412 g/mol. The number of hydrogen-bond acceptors (Lipinski definition) is 5. The number of imide groups is 1. The third kappa shape index (κ3) is 3.73. The van der Waals surface area contributed by atoms with Crippen LogP contribution in [-0.4, -0.2) is 34.8 Å². The lowest BCUT2D eigenvalue weighted by Gasteiger charge is -2.36. The first-order valence-electron chi connectivity index (χ1n) is 11.1. The molecule has 1 saturated carbocycles. The Kier molecular flexibility index (Phi) is 5.37. The summed E-state index contributed by atoms with van der Waals surface area (Å²) in [5, 5.41) is 15.8. The minimum absolute atomic E-state index is 0.145. The maximum Gasteiger partial charge on any atom is 0.325 e. The van der Waals surface area contributed by atoms with E-state index in [-0.39, 0.29) is 23.8 Å². The molecule has 0 spiro atoms. The van der Waals surface area contributed by atoms with Crippen LogP contribution < -0.4 is 10.6 Å². The topological polar surface area (TPSA) is 102 Å². The van der Waals surface area contributed by atoms with Gasteiger partial charge in [-0.1, -0.05) is 27.2 Å². The molecule has 2 heterocycles. The molecule has 1 saturated heterocycles. The number of hydrogen-bond donors (Lipinski definition) is 2. The highest BCUT2D eigenvalue weighted by molar-refractivity contribution is 7.16. The van der Waals surface area contributed by atoms with Gasteiger partial charge in [-0.15, -0.1) is 11.3 Å². The Labute approximate surface area is 187 Å². The zero-order valence-electron chi connectivity index (χ0n) is 18.6. The van der Waals surface area contributed by atoms with Gasteiger partial charge in [-0.25, -0.2) is 4.79 Å². The zero-order valence-corrected chi connectivity index (χ0v) is 19.4. The molecule has 2 aliphatic carbocycles. The Hall–Kier alpha value is -2.40. The monoisotopic (exact) mass is 442 g/mol. The molecule has 2 N–H and O–H groups in total. The summed E-state index contributed by atoms with van der Waals surface area (Å²) in [6, 6.07) is 1.74. The SMILES string of the molecule is CCC(C)(C)[C@H]1CCc2c(sc(NC(=O)CN3C(=O)N[C@@](C)(C4CC4)C3=O)c2C#N)C1. The highest BCUT2D eigenvalue weighted by Gasteiger charge is 2.56. The smallest absolute Gasteiger partial charge is 0.323 e. The zero-order chi connectivity index (χ0) is 22.6. The van der Waals surface area contributed by atoms with Gasteiger partial charge in [0.25, 0.3) is 5.91 Å². The fourth-order valence-electron chi connectivity index (χ4n) is 4.85. The summed E-state index contributed by atoms with van der Waals surface area (Å²) in [5.41, 5.74) is 0.900. The average Bonchev–Trinajstić information content (AvgIpc) is 3.49. The van der Waals surface area contributed by atoms with Crippen LogP contribution in [0.4, 0.5) is 9.80 Å². The second kappa shape index (κ2) is 7.63. The molecule has 31 heavy (non-hydrogen) atoms. The third-order valence-electron chi connectivity index (χ3n) is 7.64. The molecule has 0 unspecified atom stereocenters. The molecule has 0 bridgehead atoms. The molecule has 3 aliphatic rings. The third-order valence-corrected chi connectivity index (χ3v) is 8.81. The van der Waals surface area contributed by atoms with E-state index in [1.54, 1.807) is 6.92 Å². The van der Waals surface area contributed by atoms with Crippen molar-refractivity contribution in [3.05, 3.63) is 16.0 Å². The fraction of sp³-hybridized carbons (Fsp3) is 0.652. The van der Waals surface area contributed by atoms with E-state index >= 15 is 0 Å². The van der Waals surface area contributed by atoms with Gasteiger partial charge in [-0.3, -0.25) is 14.5 Å². The molecule has 7 nitrogen and oxygen atoms in total. The lowest BCUT2D eigenvalue weighted by molar-refractivity contribution is -0.134. The van der Waals surface area contributed by atoms with Crippen molar-refractivity contribution in [1.82, 2.24) is 10.2 Å². The second-order valence-electron chi connectivity index (χ2n) is 9.95. The molecule has 166 valence electrons. The number of carbonyl (C=O) groups is 3. The van der Waals surface area contributed by atoms with Crippen LogP contribution in [0.2, 0.25) is 0 Å². The van der Waals surface area contributed by atoms with Crippen LogP contribution in [0.1, 0.15) is 69.4 Å². The normalized spacial score (nSPS) is 25.8. The minimum atomic E-state index is -0.904. The number of anilines is 1. The van der Waals surface area contributed by atoms with Gasteiger partial charge in [-0.2, -0.15) is 5.26 Å². The van der Waals surface area contributed by atoms with Crippen molar-refractivity contribution in [1.29, 1.82) is 5.26 Å². The van der Waals surface area contributed by atoms with Crippen molar-refractivity contribution in [2.45, 2.75) is 71.8 Å². The van der Waals surface area contributed by atoms with E-state index in [1.807, 2.05) is 0 Å². The van der Waals surface area contributed by atoms with Gasteiger partial charge in [-0.05, 0) is 61.8 Å². The van der Waals surface area contributed by atoms with Gasteiger partial charge in [0, 0.05) is 4.88 Å². The van der Waals surface area contributed by atoms with Crippen molar-refractivity contribution >= 4 is 34.2 Å². The summed E-state index contributed by atoms with van der Waals surface area (Å²) in [6.45, 7) is 8.18. The number of nitriles is 1. The van der Waals surface area contributed by atoms with E-state index in [0.717, 1.165) is 49.0 Å². The van der Waals surface area contributed by atoms with Crippen LogP contribution in [0.5, 0.6) is 0 Å². The number of thiophene rings is 1. The van der Waals surface area contributed by atoms with E-state index in [9.17, 15) is 19.6 Å². The first kappa shape index (κ1) is 21.8. The van der Waals surface area contributed by atoms with Gasteiger partial charge in [0.2, 0.25) is 5.91 Å². The number of nitrogens with one attached hydrogen (secondary N) is 2. The van der Waals surface area contributed by atoms with Crippen molar-refractivity contribution in [3.8, 4) is 6.07 Å². The summed E-state index contributed by atoms with van der Waals surface area (Å²) in [6.07, 6.45) is 5.70. The maximum atomic E-state index is 12.8. The van der Waals surface area contributed by atoms with Gasteiger partial charge in [0.05, 0.1) is 5.56 Å². The highest BCUT2D eigenvalue weighted by atomic mass is 32.1. The van der Waals surface area contributed by atoms with Crippen LogP contribution in [0.25, 0.3) is 0 Å². The standard InChI is InChI=1S/C23H30N4O3S/c1-5-22(2,3)14-8-9-15-16(11-24)19(31-17(15)10-14)25-18(28)12-27-20(29)23(4,13-6-7-13)26-21(27)30/h13-14H,5-10,12H2,1-4H3,(H,25,28)(H,26,30)/t14-,23-/m0/s1. The van der Waals surface area contributed by atoms with Gasteiger partial charge < -0.3 is 10.6 Å². The van der Waals surface area contributed by atoms with E-state index in [4.69, 9.17) is 0 Å². The molecule has 1 aliphatic heterocycles. The molecule has 8 heteroatoms. The number of fused-ring (bicyclic) bond motifs is 1. The average molecular weight is 443 g/mol. The molecule has 4 amide bonds. The number of rotatable bonds is 6. The lowest BCUT2D eigenvalue weighted by atomic mass is 9.69. The van der Waals surface area contributed by atoms with Gasteiger partial charge in [0.15, 0.2) is 0 Å². The molecule has 1 aromatic heterocycles. The molecule has 2 fully saturated rings. The summed E-state index contributed by atoms with van der Waals surface area (Å²) in [4.78, 5) is 40.0. The summed E-state index contributed by atoms with van der Waals surface area (Å²) < 4.78 is 0. The number of carbonyl (C=O) groups excluding carboxylic acids is 3. The number of urea groups is 1. The molecule has 0 radical (unpaired) electrons. The van der Waals surface area contributed by atoms with E-state index in [1.165, 1.54) is 16.2 Å². The van der Waals surface area contributed by atoms with Crippen molar-refractivity contribution in [3.63, 3.8) is 0 Å². The summed E-state index contributed by atoms with van der Waals surface area (Å²) in [7, 11) is 0. The molecule has 2 atom stereocenters. The van der Waals surface area contributed by atoms with E-state index < -0.39 is 17.5 Å². The first-order chi connectivity index (χ1) is 14.6. The fourth-order valence-corrected chi connectivity index (χ4v) is 6.15. The Bertz CT molecular complexity index is 988. The second-order valence-corrected chi connectivity index (χ2v) is 11.1. The summed E-state index contributed by atoms with van der Waals surface area (Å²) in [5.74, 6) is -0.105. The van der Waals surface area contributed by atoms with E-state index in [2.05, 4.69) is 37.5 Å². The van der Waals surface area contributed by atoms with Crippen molar-refractivity contribution in [2.24, 2.45) is 17.3 Å².